The van der Waals surface area contributed by atoms with Gasteiger partial charge in [-0.15, -0.1) is 0 Å². The highest BCUT2D eigenvalue weighted by Crippen LogP contribution is 2.43. The van der Waals surface area contributed by atoms with Gasteiger partial charge in [-0.2, -0.15) is 0 Å². The first kappa shape index (κ1) is 20.6. The van der Waals surface area contributed by atoms with Gasteiger partial charge in [-0.3, -0.25) is 19.5 Å². The number of carbonyl (C=O) groups excluding carboxylic acids is 2. The Bertz CT molecular complexity index is 1440. The molecule has 1 amide bonds. The molecule has 5 heteroatoms. The lowest BCUT2D eigenvalue weighted by Gasteiger charge is -2.27. The summed E-state index contributed by atoms with van der Waals surface area (Å²) in [6.45, 7) is 3.89. The minimum Gasteiger partial charge on any atom is -0.507 e. The number of aliphatic hydroxyl groups is 1. The number of hydrogen-bond donors (Lipinski definition) is 1. The molecule has 0 saturated carbocycles. The topological polar surface area (TPSA) is 70.5 Å². The number of carbonyl (C=O) groups is 2. The number of rotatable bonds is 3. The summed E-state index contributed by atoms with van der Waals surface area (Å²) in [4.78, 5) is 32.2. The Morgan fingerprint density at radius 3 is 2.36 bits per heavy atom. The van der Waals surface area contributed by atoms with E-state index in [2.05, 4.69) is 4.98 Å². The molecule has 1 atom stereocenters. The molecule has 1 saturated heterocycles. The van der Waals surface area contributed by atoms with Crippen molar-refractivity contribution in [2.45, 2.75) is 19.9 Å². The smallest absolute Gasteiger partial charge is 0.300 e. The molecule has 3 aromatic carbocycles. The van der Waals surface area contributed by atoms with Crippen LogP contribution in [0, 0.1) is 13.8 Å². The van der Waals surface area contributed by atoms with Gasteiger partial charge in [0.2, 0.25) is 0 Å². The first-order valence-corrected chi connectivity index (χ1v) is 10.7. The van der Waals surface area contributed by atoms with Crippen molar-refractivity contribution in [3.63, 3.8) is 0 Å². The van der Waals surface area contributed by atoms with E-state index < -0.39 is 17.7 Å². The molecule has 1 aromatic heterocycles. The summed E-state index contributed by atoms with van der Waals surface area (Å²) in [7, 11) is 0. The second kappa shape index (κ2) is 8.02. The second-order valence-corrected chi connectivity index (χ2v) is 8.23. The maximum Gasteiger partial charge on any atom is 0.300 e. The zero-order valence-corrected chi connectivity index (χ0v) is 18.3. The van der Waals surface area contributed by atoms with Crippen molar-refractivity contribution in [1.82, 2.24) is 4.98 Å². The number of aryl methyl sites for hydroxylation is 1. The Kier molecular flexibility index (Phi) is 5.02. The predicted molar refractivity (Wildman–Crippen MR) is 129 cm³/mol. The number of anilines is 1. The number of aromatic nitrogens is 1. The van der Waals surface area contributed by atoms with Gasteiger partial charge in [-0.1, -0.05) is 48.5 Å². The van der Waals surface area contributed by atoms with Crippen LogP contribution in [0.5, 0.6) is 0 Å². The van der Waals surface area contributed by atoms with Gasteiger partial charge < -0.3 is 5.11 Å². The Hall–Kier alpha value is -4.25. The molecule has 1 N–H and O–H groups in total. The molecule has 0 radical (unpaired) electrons. The lowest BCUT2D eigenvalue weighted by molar-refractivity contribution is -0.132. The van der Waals surface area contributed by atoms with Crippen LogP contribution >= 0.6 is 0 Å². The molecule has 4 aromatic rings. The lowest BCUT2D eigenvalue weighted by Crippen LogP contribution is -2.30. The highest BCUT2D eigenvalue weighted by molar-refractivity contribution is 6.51. The molecule has 0 aliphatic carbocycles. The third-order valence-electron chi connectivity index (χ3n) is 6.32. The number of nitrogens with zero attached hydrogens (tertiary/aromatic N) is 2. The van der Waals surface area contributed by atoms with Crippen LogP contribution in [0.3, 0.4) is 0 Å². The van der Waals surface area contributed by atoms with Crippen LogP contribution in [-0.2, 0) is 9.59 Å². The molecular formula is C28H22N2O3. The van der Waals surface area contributed by atoms with Gasteiger partial charge in [-0.25, -0.2) is 0 Å². The highest BCUT2D eigenvalue weighted by atomic mass is 16.3. The van der Waals surface area contributed by atoms with Crippen molar-refractivity contribution in [2.75, 3.05) is 4.90 Å². The molecule has 5 rings (SSSR count). The quantitative estimate of drug-likeness (QED) is 0.263. The van der Waals surface area contributed by atoms with Crippen LogP contribution in [0.15, 0.2) is 90.8 Å². The predicted octanol–water partition coefficient (Wildman–Crippen LogP) is 5.48. The fraction of sp³-hybridized carbons (Fsp3) is 0.107. The van der Waals surface area contributed by atoms with Gasteiger partial charge in [0, 0.05) is 23.6 Å². The fourth-order valence-electron chi connectivity index (χ4n) is 4.43. The summed E-state index contributed by atoms with van der Waals surface area (Å²) in [6, 6.07) is 21.7. The number of benzene rings is 3. The van der Waals surface area contributed by atoms with Crippen LogP contribution in [0.1, 0.15) is 28.3 Å². The van der Waals surface area contributed by atoms with Gasteiger partial charge in [0.25, 0.3) is 11.7 Å². The number of Topliss-reactive ketones (excluding diaryl/α,β-unsaturated/α-hetero) is 1. The maximum absolute atomic E-state index is 13.3. The normalized spacial score (nSPS) is 17.6. The van der Waals surface area contributed by atoms with Crippen molar-refractivity contribution in [2.24, 2.45) is 0 Å². The van der Waals surface area contributed by atoms with Crippen LogP contribution in [-0.4, -0.2) is 21.8 Å². The Labute approximate surface area is 191 Å². The van der Waals surface area contributed by atoms with Crippen LogP contribution in [0.25, 0.3) is 16.5 Å². The summed E-state index contributed by atoms with van der Waals surface area (Å²) in [6.07, 6.45) is 3.24. The summed E-state index contributed by atoms with van der Waals surface area (Å²) in [5, 5.41) is 13.3. The summed E-state index contributed by atoms with van der Waals surface area (Å²) >= 11 is 0. The lowest BCUT2D eigenvalue weighted by atomic mass is 9.94. The molecule has 162 valence electrons. The largest absolute Gasteiger partial charge is 0.507 e. The molecule has 33 heavy (non-hydrogen) atoms. The Morgan fingerprint density at radius 2 is 1.61 bits per heavy atom. The van der Waals surface area contributed by atoms with E-state index in [9.17, 15) is 14.7 Å². The van der Waals surface area contributed by atoms with Crippen LogP contribution in [0.2, 0.25) is 0 Å². The van der Waals surface area contributed by atoms with Crippen molar-refractivity contribution < 1.29 is 14.7 Å². The van der Waals surface area contributed by atoms with E-state index in [0.717, 1.165) is 21.9 Å². The number of hydrogen-bond acceptors (Lipinski definition) is 4. The molecule has 5 nitrogen and oxygen atoms in total. The minimum absolute atomic E-state index is 0.0717. The van der Waals surface area contributed by atoms with Crippen LogP contribution in [0.4, 0.5) is 5.69 Å². The molecular weight excluding hydrogens is 412 g/mol. The Morgan fingerprint density at radius 1 is 0.879 bits per heavy atom. The average molecular weight is 434 g/mol. The van der Waals surface area contributed by atoms with E-state index >= 15 is 0 Å². The van der Waals surface area contributed by atoms with Gasteiger partial charge >= 0.3 is 0 Å². The van der Waals surface area contributed by atoms with Crippen molar-refractivity contribution >= 4 is 33.9 Å². The van der Waals surface area contributed by atoms with E-state index in [1.165, 1.54) is 4.90 Å². The maximum atomic E-state index is 13.3. The zero-order chi connectivity index (χ0) is 23.1. The number of fused-ring (bicyclic) bond motifs is 1. The van der Waals surface area contributed by atoms with Gasteiger partial charge in [-0.05, 0) is 65.6 Å². The van der Waals surface area contributed by atoms with Gasteiger partial charge in [0.1, 0.15) is 5.76 Å². The summed E-state index contributed by atoms with van der Waals surface area (Å²) in [5.41, 5.74) is 3.83. The molecule has 2 heterocycles. The second-order valence-electron chi connectivity index (χ2n) is 8.23. The molecule has 0 spiro atoms. The molecule has 1 aliphatic heterocycles. The monoisotopic (exact) mass is 434 g/mol. The van der Waals surface area contributed by atoms with Crippen molar-refractivity contribution in [1.29, 1.82) is 0 Å². The van der Waals surface area contributed by atoms with Gasteiger partial charge in [0.15, 0.2) is 0 Å². The van der Waals surface area contributed by atoms with E-state index in [0.29, 0.717) is 16.8 Å². The molecule has 1 unspecified atom stereocenters. The van der Waals surface area contributed by atoms with E-state index in [1.54, 1.807) is 30.6 Å². The average Bonchev–Trinajstić information content (AvgIpc) is 3.11. The molecule has 1 aliphatic rings. The minimum atomic E-state index is -0.764. The third-order valence-corrected chi connectivity index (χ3v) is 6.32. The zero-order valence-electron chi connectivity index (χ0n) is 18.3. The fourth-order valence-corrected chi connectivity index (χ4v) is 4.43. The standard InChI is InChI=1S/C28H22N2O3/c1-17-6-5-9-23(18(17)2)30-25(20-12-14-29-15-13-20)24(27(32)28(30)33)26(31)22-11-10-19-7-3-4-8-21(19)16-22/h3-16,25,31H,1-2H3/b26-24-. The first-order chi connectivity index (χ1) is 16.0. The van der Waals surface area contributed by atoms with Crippen molar-refractivity contribution in [3.8, 4) is 0 Å². The number of aliphatic hydroxyl groups excluding tert-OH is 1. The summed E-state index contributed by atoms with van der Waals surface area (Å²) < 4.78 is 0. The first-order valence-electron chi connectivity index (χ1n) is 10.7. The molecule has 1 fully saturated rings. The number of pyridine rings is 1. The van der Waals surface area contributed by atoms with Gasteiger partial charge in [0.05, 0.1) is 11.6 Å². The Balaban J connectivity index is 1.75. The van der Waals surface area contributed by atoms with E-state index in [-0.39, 0.29) is 11.3 Å². The molecule has 0 bridgehead atoms. The van der Waals surface area contributed by atoms with E-state index in [1.807, 2.05) is 68.4 Å². The number of amides is 1. The van der Waals surface area contributed by atoms with Crippen molar-refractivity contribution in [3.05, 3.63) is 113 Å². The number of ketones is 1. The SMILES string of the molecule is Cc1cccc(N2C(=O)C(=O)/C(=C(\O)c3ccc4ccccc4c3)C2c2ccncc2)c1C. The van der Waals surface area contributed by atoms with E-state index in [4.69, 9.17) is 0 Å². The van der Waals surface area contributed by atoms with Crippen LogP contribution < -0.4 is 4.90 Å². The highest BCUT2D eigenvalue weighted by Gasteiger charge is 2.47. The third kappa shape index (κ3) is 3.38. The summed E-state index contributed by atoms with van der Waals surface area (Å²) in [5.74, 6) is -1.55.